The Bertz CT molecular complexity index is 152. The fourth-order valence-corrected chi connectivity index (χ4v) is 0.112. The van der Waals surface area contributed by atoms with Crippen molar-refractivity contribution in [1.29, 1.82) is 0 Å². The maximum atomic E-state index is 9.33. The first-order chi connectivity index (χ1) is 4.97. The van der Waals surface area contributed by atoms with E-state index in [-0.39, 0.29) is 0 Å². The summed E-state index contributed by atoms with van der Waals surface area (Å²) >= 11 is 0. The average molecular weight is 187 g/mol. The summed E-state index contributed by atoms with van der Waals surface area (Å²) < 4.78 is 29.7. The van der Waals surface area contributed by atoms with Crippen LogP contribution in [-0.2, 0) is 14.6 Å². The molecule has 0 unspecified atom stereocenters. The average Bonchev–Trinajstić information content (AvgIpc) is 1.90. The van der Waals surface area contributed by atoms with Crippen molar-refractivity contribution in [3.05, 3.63) is 0 Å². The standard InChI is InChI=1S/C3H9NO.CH4O4S/c1-2-3-4-5;1-5-6(2,3)4/h4-5H,2-3H2,1H3;1H3,(H,2,3,4). The van der Waals surface area contributed by atoms with E-state index >= 15 is 0 Å². The Morgan fingerprint density at radius 3 is 1.91 bits per heavy atom. The van der Waals surface area contributed by atoms with Crippen LogP contribution in [0.5, 0.6) is 0 Å². The first-order valence-electron chi connectivity index (χ1n) is 2.88. The lowest BCUT2D eigenvalue weighted by atomic mass is 10.5. The van der Waals surface area contributed by atoms with Crippen LogP contribution in [0.4, 0.5) is 0 Å². The Kier molecular flexibility index (Phi) is 9.60. The Morgan fingerprint density at radius 1 is 1.55 bits per heavy atom. The van der Waals surface area contributed by atoms with Crippen LogP contribution < -0.4 is 5.48 Å². The number of hydrogen-bond acceptors (Lipinski definition) is 5. The van der Waals surface area contributed by atoms with Gasteiger partial charge in [0.1, 0.15) is 0 Å². The van der Waals surface area contributed by atoms with E-state index in [4.69, 9.17) is 9.76 Å². The van der Waals surface area contributed by atoms with Crippen LogP contribution in [-0.4, -0.2) is 31.8 Å². The minimum atomic E-state index is -4.16. The maximum absolute atomic E-state index is 9.33. The molecule has 0 aliphatic rings. The highest BCUT2D eigenvalue weighted by Crippen LogP contribution is 1.74. The van der Waals surface area contributed by atoms with Gasteiger partial charge in [-0.2, -0.15) is 8.42 Å². The molecule has 11 heavy (non-hydrogen) atoms. The quantitative estimate of drug-likeness (QED) is 0.418. The van der Waals surface area contributed by atoms with E-state index in [0.29, 0.717) is 6.54 Å². The molecule has 6 nitrogen and oxygen atoms in total. The lowest BCUT2D eigenvalue weighted by Gasteiger charge is -1.83. The summed E-state index contributed by atoms with van der Waals surface area (Å²) in [5, 5.41) is 7.82. The zero-order chi connectivity index (χ0) is 9.33. The van der Waals surface area contributed by atoms with E-state index in [0.717, 1.165) is 13.5 Å². The van der Waals surface area contributed by atoms with Crippen molar-refractivity contribution in [1.82, 2.24) is 5.48 Å². The first kappa shape index (κ1) is 13.4. The van der Waals surface area contributed by atoms with Gasteiger partial charge in [0.15, 0.2) is 0 Å². The van der Waals surface area contributed by atoms with E-state index in [2.05, 4.69) is 4.18 Å². The Morgan fingerprint density at radius 2 is 1.91 bits per heavy atom. The molecule has 0 heterocycles. The molecule has 0 aromatic carbocycles. The molecule has 70 valence electrons. The van der Waals surface area contributed by atoms with Gasteiger partial charge in [-0.25, -0.2) is 5.48 Å². The van der Waals surface area contributed by atoms with E-state index in [1.54, 1.807) is 0 Å². The van der Waals surface area contributed by atoms with Gasteiger partial charge >= 0.3 is 10.4 Å². The fraction of sp³-hybridized carbons (Fsp3) is 1.00. The fourth-order valence-electron chi connectivity index (χ4n) is 0.112. The summed E-state index contributed by atoms with van der Waals surface area (Å²) in [5.41, 5.74) is 2.02. The van der Waals surface area contributed by atoms with Crippen molar-refractivity contribution in [3.8, 4) is 0 Å². The molecule has 0 aliphatic carbocycles. The van der Waals surface area contributed by atoms with Crippen LogP contribution in [0.25, 0.3) is 0 Å². The van der Waals surface area contributed by atoms with Gasteiger partial charge in [-0.15, -0.1) is 0 Å². The molecule has 0 spiro atoms. The van der Waals surface area contributed by atoms with Crippen molar-refractivity contribution in [2.75, 3.05) is 13.7 Å². The second-order valence-corrected chi connectivity index (χ2v) is 2.69. The van der Waals surface area contributed by atoms with Crippen LogP contribution in [0.15, 0.2) is 0 Å². The third kappa shape index (κ3) is 25.9. The molecule has 7 heteroatoms. The van der Waals surface area contributed by atoms with Gasteiger partial charge in [-0.3, -0.25) is 8.74 Å². The van der Waals surface area contributed by atoms with Crippen LogP contribution >= 0.6 is 0 Å². The largest absolute Gasteiger partial charge is 0.397 e. The number of hydroxylamine groups is 1. The van der Waals surface area contributed by atoms with E-state index in [1.807, 2.05) is 12.4 Å². The van der Waals surface area contributed by atoms with Gasteiger partial charge in [0.2, 0.25) is 0 Å². The predicted octanol–water partition coefficient (Wildman–Crippen LogP) is -0.189. The van der Waals surface area contributed by atoms with Crippen LogP contribution in [0.1, 0.15) is 13.3 Å². The molecule has 0 rings (SSSR count). The van der Waals surface area contributed by atoms with Gasteiger partial charge in [-0.1, -0.05) is 6.92 Å². The van der Waals surface area contributed by atoms with Crippen molar-refractivity contribution < 1.29 is 22.4 Å². The Balaban J connectivity index is 0. The molecule has 0 saturated carbocycles. The monoisotopic (exact) mass is 187 g/mol. The number of hydrogen-bond donors (Lipinski definition) is 3. The second kappa shape index (κ2) is 7.89. The molecule has 3 N–H and O–H groups in total. The lowest BCUT2D eigenvalue weighted by molar-refractivity contribution is 0.167. The van der Waals surface area contributed by atoms with Crippen LogP contribution in [0.3, 0.4) is 0 Å². The van der Waals surface area contributed by atoms with Gasteiger partial charge in [0.05, 0.1) is 7.11 Å². The SMILES string of the molecule is CCCNO.COS(=O)(=O)O. The molecule has 0 bridgehead atoms. The van der Waals surface area contributed by atoms with Gasteiger partial charge in [-0.05, 0) is 6.42 Å². The molecule has 0 atom stereocenters. The first-order valence-corrected chi connectivity index (χ1v) is 4.24. The summed E-state index contributed by atoms with van der Waals surface area (Å²) in [6, 6.07) is 0. The molecule has 0 saturated heterocycles. The second-order valence-electron chi connectivity index (χ2n) is 1.50. The summed E-state index contributed by atoms with van der Waals surface area (Å²) in [7, 11) is -3.29. The molecule has 0 aromatic rings. The van der Waals surface area contributed by atoms with Crippen LogP contribution in [0, 0.1) is 0 Å². The molecule has 0 fully saturated rings. The zero-order valence-electron chi connectivity index (χ0n) is 6.44. The molecular weight excluding hydrogens is 174 g/mol. The van der Waals surface area contributed by atoms with Crippen molar-refractivity contribution in [2.24, 2.45) is 0 Å². The van der Waals surface area contributed by atoms with E-state index < -0.39 is 10.4 Å². The molecular formula is C4H13NO5S. The van der Waals surface area contributed by atoms with Crippen molar-refractivity contribution in [3.63, 3.8) is 0 Å². The van der Waals surface area contributed by atoms with Crippen molar-refractivity contribution in [2.45, 2.75) is 13.3 Å². The van der Waals surface area contributed by atoms with E-state index in [9.17, 15) is 8.42 Å². The lowest BCUT2D eigenvalue weighted by Crippen LogP contribution is -2.06. The summed E-state index contributed by atoms with van der Waals surface area (Å²) in [4.78, 5) is 0. The highest BCUT2D eigenvalue weighted by molar-refractivity contribution is 7.80. The van der Waals surface area contributed by atoms with Gasteiger partial charge in [0.25, 0.3) is 0 Å². The minimum absolute atomic E-state index is 0.694. The smallest absolute Gasteiger partial charge is 0.317 e. The van der Waals surface area contributed by atoms with Crippen molar-refractivity contribution >= 4 is 10.4 Å². The maximum Gasteiger partial charge on any atom is 0.397 e. The summed E-state index contributed by atoms with van der Waals surface area (Å²) in [6.07, 6.45) is 0.983. The topological polar surface area (TPSA) is 95.9 Å². The summed E-state index contributed by atoms with van der Waals surface area (Å²) in [5.74, 6) is 0. The number of nitrogens with one attached hydrogen (secondary N) is 1. The minimum Gasteiger partial charge on any atom is -0.317 e. The highest BCUT2D eigenvalue weighted by atomic mass is 32.3. The molecule has 0 radical (unpaired) electrons. The third-order valence-corrected chi connectivity index (χ3v) is 0.994. The predicted molar refractivity (Wildman–Crippen MR) is 38.6 cm³/mol. The molecule has 0 aliphatic heterocycles. The van der Waals surface area contributed by atoms with E-state index in [1.165, 1.54) is 0 Å². The van der Waals surface area contributed by atoms with Crippen LogP contribution in [0.2, 0.25) is 0 Å². The number of rotatable bonds is 3. The molecule has 0 aromatic heterocycles. The third-order valence-electron chi connectivity index (χ3n) is 0.572. The normalized spacial score (nSPS) is 10.2. The van der Waals surface area contributed by atoms with Gasteiger partial charge < -0.3 is 5.21 Å². The van der Waals surface area contributed by atoms with Gasteiger partial charge in [0, 0.05) is 6.54 Å². The zero-order valence-corrected chi connectivity index (χ0v) is 7.26. The highest BCUT2D eigenvalue weighted by Gasteiger charge is 1.93. The Hall–Kier alpha value is -0.210. The summed E-state index contributed by atoms with van der Waals surface area (Å²) in [6.45, 7) is 2.68. The Labute approximate surface area is 66.1 Å². The molecule has 0 amide bonds.